The van der Waals surface area contributed by atoms with Gasteiger partial charge >= 0.3 is 0 Å². The molecule has 4 heteroatoms. The topological polar surface area (TPSA) is 25.8 Å². The van der Waals surface area contributed by atoms with Crippen LogP contribution in [0.2, 0.25) is 0 Å². The van der Waals surface area contributed by atoms with E-state index in [2.05, 4.69) is 22.6 Å². The second-order valence-electron chi connectivity index (χ2n) is 3.99. The number of thiol groups is 1. The predicted molar refractivity (Wildman–Crippen MR) is 63.0 cm³/mol. The Morgan fingerprint density at radius 1 is 1.43 bits per heavy atom. The van der Waals surface area contributed by atoms with Crippen LogP contribution in [-0.2, 0) is 0 Å². The van der Waals surface area contributed by atoms with Crippen LogP contribution in [0.1, 0.15) is 18.4 Å². The fourth-order valence-electron chi connectivity index (χ4n) is 1.20. The average Bonchev–Trinajstić information content (AvgIpc) is 2.98. The molecule has 0 atom stereocenters. The lowest BCUT2D eigenvalue weighted by molar-refractivity contribution is 0.681. The minimum Gasteiger partial charge on any atom is -0.231 e. The lowest BCUT2D eigenvalue weighted by Crippen LogP contribution is -2.06. The van der Waals surface area contributed by atoms with Crippen molar-refractivity contribution in [3.05, 3.63) is 18.0 Å². The van der Waals surface area contributed by atoms with Crippen molar-refractivity contribution in [2.24, 2.45) is 5.41 Å². The first-order valence-electron chi connectivity index (χ1n) is 4.76. The molecule has 1 aliphatic rings. The molecule has 0 N–H and O–H groups in total. The molecule has 0 bridgehead atoms. The van der Waals surface area contributed by atoms with Gasteiger partial charge in [0.05, 0.1) is 0 Å². The summed E-state index contributed by atoms with van der Waals surface area (Å²) in [6.45, 7) is 2.00. The van der Waals surface area contributed by atoms with Crippen LogP contribution in [0.15, 0.2) is 17.6 Å². The summed E-state index contributed by atoms with van der Waals surface area (Å²) < 4.78 is 0. The first kappa shape index (κ1) is 10.3. The zero-order chi connectivity index (χ0) is 10.0. The highest BCUT2D eigenvalue weighted by Crippen LogP contribution is 2.49. The van der Waals surface area contributed by atoms with Gasteiger partial charge in [-0.05, 0) is 36.5 Å². The van der Waals surface area contributed by atoms with Crippen LogP contribution >= 0.6 is 24.4 Å². The van der Waals surface area contributed by atoms with Gasteiger partial charge in [-0.2, -0.15) is 12.6 Å². The molecular formula is C10H14N2S2. The third-order valence-electron chi connectivity index (χ3n) is 2.56. The smallest absolute Gasteiger partial charge is 0.187 e. The first-order valence-corrected chi connectivity index (χ1v) is 6.38. The van der Waals surface area contributed by atoms with Gasteiger partial charge in [0.1, 0.15) is 0 Å². The van der Waals surface area contributed by atoms with Crippen LogP contribution in [0.5, 0.6) is 0 Å². The maximum Gasteiger partial charge on any atom is 0.187 e. The molecule has 1 heterocycles. The minimum absolute atomic E-state index is 0.488. The Hall–Kier alpha value is -0.220. The molecule has 0 saturated heterocycles. The van der Waals surface area contributed by atoms with E-state index in [0.717, 1.165) is 22.2 Å². The normalized spacial score (nSPS) is 18.1. The first-order chi connectivity index (χ1) is 6.74. The number of hydrogen-bond donors (Lipinski definition) is 1. The Morgan fingerprint density at radius 2 is 2.07 bits per heavy atom. The van der Waals surface area contributed by atoms with Crippen LogP contribution < -0.4 is 0 Å². The van der Waals surface area contributed by atoms with E-state index in [0.29, 0.717) is 5.41 Å². The molecule has 76 valence electrons. The largest absolute Gasteiger partial charge is 0.231 e. The summed E-state index contributed by atoms with van der Waals surface area (Å²) in [5.74, 6) is 2.10. The molecular weight excluding hydrogens is 212 g/mol. The number of nitrogens with zero attached hydrogens (tertiary/aromatic N) is 2. The average molecular weight is 226 g/mol. The third kappa shape index (κ3) is 2.42. The Kier molecular flexibility index (Phi) is 3.02. The number of rotatable bonds is 4. The molecule has 1 aliphatic carbocycles. The Morgan fingerprint density at radius 3 is 2.57 bits per heavy atom. The highest BCUT2D eigenvalue weighted by Gasteiger charge is 2.41. The molecule has 0 aliphatic heterocycles. The molecule has 1 aromatic rings. The van der Waals surface area contributed by atoms with Crippen molar-refractivity contribution in [3.8, 4) is 0 Å². The standard InChI is InChI=1S/C10H14N2S2/c1-8-4-11-9(12-5-8)14-7-10(6-13)2-3-10/h4-5,13H,2-3,6-7H2,1H3. The van der Waals surface area contributed by atoms with Crippen LogP contribution in [-0.4, -0.2) is 21.5 Å². The van der Waals surface area contributed by atoms with Crippen molar-refractivity contribution in [2.45, 2.75) is 24.9 Å². The number of aromatic nitrogens is 2. The fourth-order valence-corrected chi connectivity index (χ4v) is 2.86. The third-order valence-corrected chi connectivity index (χ3v) is 4.45. The van der Waals surface area contributed by atoms with E-state index in [-0.39, 0.29) is 0 Å². The second kappa shape index (κ2) is 4.11. The minimum atomic E-state index is 0.488. The molecule has 0 radical (unpaired) electrons. The lowest BCUT2D eigenvalue weighted by Gasteiger charge is -2.09. The summed E-state index contributed by atoms with van der Waals surface area (Å²) in [4.78, 5) is 8.54. The quantitative estimate of drug-likeness (QED) is 0.485. The monoisotopic (exact) mass is 226 g/mol. The van der Waals surface area contributed by atoms with Gasteiger partial charge in [-0.1, -0.05) is 11.8 Å². The second-order valence-corrected chi connectivity index (χ2v) is 5.25. The highest BCUT2D eigenvalue weighted by molar-refractivity contribution is 7.99. The van der Waals surface area contributed by atoms with Crippen molar-refractivity contribution >= 4 is 24.4 Å². The zero-order valence-electron chi connectivity index (χ0n) is 8.23. The van der Waals surface area contributed by atoms with Gasteiger partial charge in [0.15, 0.2) is 5.16 Å². The van der Waals surface area contributed by atoms with Gasteiger partial charge in [-0.3, -0.25) is 0 Å². The summed E-state index contributed by atoms with van der Waals surface area (Å²) in [5, 5.41) is 0.892. The summed E-state index contributed by atoms with van der Waals surface area (Å²) in [6.07, 6.45) is 6.37. The predicted octanol–water partition coefficient (Wildman–Crippen LogP) is 2.59. The summed E-state index contributed by atoms with van der Waals surface area (Å²) >= 11 is 6.12. The number of hydrogen-bond acceptors (Lipinski definition) is 4. The Bertz CT molecular complexity index is 306. The molecule has 2 nitrogen and oxygen atoms in total. The number of aryl methyl sites for hydroxylation is 1. The van der Waals surface area contributed by atoms with Crippen molar-refractivity contribution in [2.75, 3.05) is 11.5 Å². The van der Waals surface area contributed by atoms with Gasteiger partial charge in [0.25, 0.3) is 0 Å². The molecule has 0 aromatic carbocycles. The van der Waals surface area contributed by atoms with Crippen LogP contribution in [0.3, 0.4) is 0 Å². The molecule has 0 unspecified atom stereocenters. The van der Waals surface area contributed by atoms with Gasteiger partial charge < -0.3 is 0 Å². The molecule has 14 heavy (non-hydrogen) atoms. The van der Waals surface area contributed by atoms with Crippen LogP contribution in [0, 0.1) is 12.3 Å². The summed E-state index contributed by atoms with van der Waals surface area (Å²) in [6, 6.07) is 0. The lowest BCUT2D eigenvalue weighted by atomic mass is 10.2. The Balaban J connectivity index is 1.89. The van der Waals surface area contributed by atoms with Gasteiger partial charge in [-0.15, -0.1) is 0 Å². The maximum absolute atomic E-state index is 4.37. The van der Waals surface area contributed by atoms with Gasteiger partial charge in [0, 0.05) is 18.1 Å². The zero-order valence-corrected chi connectivity index (χ0v) is 9.94. The van der Waals surface area contributed by atoms with Gasteiger partial charge in [-0.25, -0.2) is 9.97 Å². The SMILES string of the molecule is Cc1cnc(SCC2(CS)CC2)nc1. The maximum atomic E-state index is 4.37. The highest BCUT2D eigenvalue weighted by atomic mass is 32.2. The number of thioether (sulfide) groups is 1. The van der Waals surface area contributed by atoms with E-state index in [9.17, 15) is 0 Å². The van der Waals surface area contributed by atoms with Crippen LogP contribution in [0.25, 0.3) is 0 Å². The molecule has 0 amide bonds. The van der Waals surface area contributed by atoms with E-state index in [1.54, 1.807) is 11.8 Å². The molecule has 1 aromatic heterocycles. The molecule has 0 spiro atoms. The summed E-state index contributed by atoms with van der Waals surface area (Å²) in [5.41, 5.74) is 1.60. The Labute approximate surface area is 94.3 Å². The van der Waals surface area contributed by atoms with Crippen molar-refractivity contribution in [1.29, 1.82) is 0 Å². The molecule has 1 saturated carbocycles. The fraction of sp³-hybridized carbons (Fsp3) is 0.600. The van der Waals surface area contributed by atoms with E-state index in [1.807, 2.05) is 19.3 Å². The van der Waals surface area contributed by atoms with Crippen molar-refractivity contribution < 1.29 is 0 Å². The molecule has 2 rings (SSSR count). The van der Waals surface area contributed by atoms with E-state index < -0.39 is 0 Å². The van der Waals surface area contributed by atoms with Crippen molar-refractivity contribution in [3.63, 3.8) is 0 Å². The summed E-state index contributed by atoms with van der Waals surface area (Å²) in [7, 11) is 0. The van der Waals surface area contributed by atoms with Crippen LogP contribution in [0.4, 0.5) is 0 Å². The van der Waals surface area contributed by atoms with Gasteiger partial charge in [0.2, 0.25) is 0 Å². The van der Waals surface area contributed by atoms with Crippen molar-refractivity contribution in [1.82, 2.24) is 9.97 Å². The van der Waals surface area contributed by atoms with E-state index in [4.69, 9.17) is 0 Å². The van der Waals surface area contributed by atoms with E-state index in [1.165, 1.54) is 12.8 Å². The van der Waals surface area contributed by atoms with E-state index >= 15 is 0 Å². The molecule has 1 fully saturated rings.